The summed E-state index contributed by atoms with van der Waals surface area (Å²) in [6, 6.07) is 2.10. The molecule has 4 saturated carbocycles. The van der Waals surface area contributed by atoms with Crippen molar-refractivity contribution in [1.29, 1.82) is 5.26 Å². The van der Waals surface area contributed by atoms with Crippen LogP contribution in [0.1, 0.15) is 83.9 Å². The van der Waals surface area contributed by atoms with Gasteiger partial charge in [-0.25, -0.2) is 4.98 Å². The molecule has 6 heteroatoms. The number of nitrogens with zero attached hydrogens (tertiary/aromatic N) is 3. The molecule has 0 spiro atoms. The van der Waals surface area contributed by atoms with Gasteiger partial charge in [-0.15, -0.1) is 0 Å². The van der Waals surface area contributed by atoms with Crippen LogP contribution in [0.3, 0.4) is 0 Å². The van der Waals surface area contributed by atoms with Gasteiger partial charge in [-0.05, 0) is 98.7 Å². The highest BCUT2D eigenvalue weighted by molar-refractivity contribution is 5.82. The van der Waals surface area contributed by atoms with Gasteiger partial charge in [0, 0.05) is 32.0 Å². The van der Waals surface area contributed by atoms with Crippen molar-refractivity contribution >= 4 is 5.78 Å². The van der Waals surface area contributed by atoms with Crippen molar-refractivity contribution in [2.24, 2.45) is 40.4 Å². The second-order valence-electron chi connectivity index (χ2n) is 12.5. The summed E-state index contributed by atoms with van der Waals surface area (Å²) in [5, 5.41) is 20.5. The second kappa shape index (κ2) is 8.75. The van der Waals surface area contributed by atoms with E-state index in [0.717, 1.165) is 44.9 Å². The van der Waals surface area contributed by atoms with Crippen LogP contribution in [-0.2, 0) is 16.1 Å². The lowest BCUT2D eigenvalue weighted by atomic mass is 9.43. The summed E-state index contributed by atoms with van der Waals surface area (Å²) < 4.78 is 6.99. The Labute approximate surface area is 204 Å². The fraction of sp³-hybridized carbons (Fsp3) is 0.821. The maximum atomic E-state index is 13.5. The quantitative estimate of drug-likeness (QED) is 0.652. The van der Waals surface area contributed by atoms with E-state index in [0.29, 0.717) is 41.5 Å². The molecule has 5 rings (SSSR count). The number of imidazole rings is 1. The summed E-state index contributed by atoms with van der Waals surface area (Å²) in [6.45, 7) is 5.81. The first-order valence-corrected chi connectivity index (χ1v) is 13.4. The average molecular weight is 468 g/mol. The van der Waals surface area contributed by atoms with Crippen molar-refractivity contribution in [3.8, 4) is 6.07 Å². The Balaban J connectivity index is 1.31. The molecule has 34 heavy (non-hydrogen) atoms. The molecule has 4 aliphatic carbocycles. The van der Waals surface area contributed by atoms with Gasteiger partial charge in [0.05, 0.1) is 12.1 Å². The summed E-state index contributed by atoms with van der Waals surface area (Å²) >= 11 is 0. The zero-order valence-electron chi connectivity index (χ0n) is 21.1. The van der Waals surface area contributed by atoms with Crippen LogP contribution in [0.4, 0.5) is 0 Å². The van der Waals surface area contributed by atoms with Crippen LogP contribution in [-0.4, -0.2) is 39.8 Å². The largest absolute Gasteiger partial charge is 0.390 e. The zero-order valence-corrected chi connectivity index (χ0v) is 21.1. The Morgan fingerprint density at radius 2 is 1.97 bits per heavy atom. The molecular weight excluding hydrogens is 426 g/mol. The van der Waals surface area contributed by atoms with Gasteiger partial charge in [0.15, 0.2) is 5.78 Å². The van der Waals surface area contributed by atoms with Gasteiger partial charge >= 0.3 is 0 Å². The molecule has 6 nitrogen and oxygen atoms in total. The summed E-state index contributed by atoms with van der Waals surface area (Å²) in [7, 11) is 1.72. The van der Waals surface area contributed by atoms with E-state index in [1.54, 1.807) is 24.1 Å². The number of aromatic nitrogens is 2. The van der Waals surface area contributed by atoms with E-state index in [-0.39, 0.29) is 23.7 Å². The van der Waals surface area contributed by atoms with Crippen molar-refractivity contribution in [2.75, 3.05) is 13.7 Å². The summed E-state index contributed by atoms with van der Waals surface area (Å²) in [4.78, 5) is 17.5. The van der Waals surface area contributed by atoms with E-state index < -0.39 is 5.60 Å². The predicted molar refractivity (Wildman–Crippen MR) is 129 cm³/mol. The van der Waals surface area contributed by atoms with Crippen molar-refractivity contribution < 1.29 is 14.6 Å². The van der Waals surface area contributed by atoms with Crippen molar-refractivity contribution in [1.82, 2.24) is 9.55 Å². The average Bonchev–Trinajstić information content (AvgIpc) is 3.41. The Hall–Kier alpha value is -1.71. The van der Waals surface area contributed by atoms with Gasteiger partial charge in [0.1, 0.15) is 6.07 Å². The van der Waals surface area contributed by atoms with Crippen LogP contribution in [0.25, 0.3) is 0 Å². The zero-order chi connectivity index (χ0) is 24.1. The Morgan fingerprint density at radius 1 is 1.18 bits per heavy atom. The molecule has 1 aromatic heterocycles. The number of carbonyl (C=O) groups is 1. The lowest BCUT2D eigenvalue weighted by Crippen LogP contribution is -2.56. The minimum absolute atomic E-state index is 0.0721. The highest BCUT2D eigenvalue weighted by atomic mass is 16.5. The molecule has 1 N–H and O–H groups in total. The number of ketones is 1. The molecule has 0 radical (unpaired) electrons. The minimum atomic E-state index is -0.559. The molecular formula is C28H41N3O3. The van der Waals surface area contributed by atoms with Crippen LogP contribution in [0.15, 0.2) is 12.4 Å². The highest BCUT2D eigenvalue weighted by Crippen LogP contribution is 2.68. The van der Waals surface area contributed by atoms with Crippen LogP contribution < -0.4 is 0 Å². The number of ether oxygens (including phenoxy) is 1. The smallest absolute Gasteiger partial charge is 0.213 e. The number of Topliss-reactive ketones (excluding diaryl/α,β-unsaturated/α-hetero) is 1. The monoisotopic (exact) mass is 467 g/mol. The molecule has 0 bridgehead atoms. The molecule has 4 fully saturated rings. The number of carbonyl (C=O) groups excluding carboxylic acids is 1. The second-order valence-corrected chi connectivity index (χ2v) is 12.5. The summed E-state index contributed by atoms with van der Waals surface area (Å²) in [6.07, 6.45) is 14.0. The first-order chi connectivity index (χ1) is 16.2. The summed E-state index contributed by atoms with van der Waals surface area (Å²) in [5.41, 5.74) is -0.177. The van der Waals surface area contributed by atoms with Crippen LogP contribution in [0, 0.1) is 51.8 Å². The van der Waals surface area contributed by atoms with Crippen molar-refractivity contribution in [3.63, 3.8) is 0 Å². The number of aliphatic hydroxyl groups is 1. The highest BCUT2D eigenvalue weighted by Gasteiger charge is 2.62. The fourth-order valence-corrected chi connectivity index (χ4v) is 9.20. The lowest BCUT2D eigenvalue weighted by Gasteiger charge is -2.62. The number of methoxy groups -OCH3 is 1. The van der Waals surface area contributed by atoms with E-state index in [1.807, 2.05) is 0 Å². The molecule has 0 unspecified atom stereocenters. The Kier molecular flexibility index (Phi) is 6.18. The lowest BCUT2D eigenvalue weighted by molar-refractivity contribution is -0.157. The first-order valence-electron chi connectivity index (χ1n) is 13.4. The molecule has 0 aromatic carbocycles. The van der Waals surface area contributed by atoms with E-state index in [2.05, 4.69) is 24.9 Å². The summed E-state index contributed by atoms with van der Waals surface area (Å²) in [5.74, 6) is 3.31. The minimum Gasteiger partial charge on any atom is -0.390 e. The van der Waals surface area contributed by atoms with Crippen molar-refractivity contribution in [3.05, 3.63) is 18.2 Å². The van der Waals surface area contributed by atoms with Gasteiger partial charge in [-0.1, -0.05) is 13.8 Å². The first kappa shape index (κ1) is 24.0. The molecule has 0 amide bonds. The predicted octanol–water partition coefficient (Wildman–Crippen LogP) is 4.75. The normalized spacial score (nSPS) is 43.4. The van der Waals surface area contributed by atoms with Gasteiger partial charge in [0.25, 0.3) is 0 Å². The number of hydrogen-bond donors (Lipinski definition) is 1. The third-order valence-electron chi connectivity index (χ3n) is 11.1. The maximum absolute atomic E-state index is 13.5. The maximum Gasteiger partial charge on any atom is 0.213 e. The molecule has 1 aromatic rings. The molecule has 1 heterocycles. The standard InChI is InChI=1S/C28H41N3O3/c1-26-10-11-28(33,12-15-34-3)16-19(26)4-5-20-21-6-7-23(27(21,2)9-8-22(20)26)24(32)18-31-14-13-30-25(31)17-29/h13-14,19-23,33H,4-12,15-16,18H2,1-3H3/t19-,20-,21-,22-,23+,26-,27-,28-/m0/s1. The van der Waals surface area contributed by atoms with Crippen LogP contribution >= 0.6 is 0 Å². The number of fused-ring (bicyclic) bond motifs is 5. The van der Waals surface area contributed by atoms with E-state index in [1.165, 1.54) is 19.3 Å². The molecule has 186 valence electrons. The van der Waals surface area contributed by atoms with E-state index >= 15 is 0 Å². The third-order valence-corrected chi connectivity index (χ3v) is 11.1. The van der Waals surface area contributed by atoms with Crippen LogP contribution in [0.2, 0.25) is 0 Å². The van der Waals surface area contributed by atoms with E-state index in [4.69, 9.17) is 4.74 Å². The number of rotatable bonds is 6. The number of hydrogen-bond acceptors (Lipinski definition) is 5. The Bertz CT molecular complexity index is 968. The van der Waals surface area contributed by atoms with Gasteiger partial charge < -0.3 is 14.4 Å². The topological polar surface area (TPSA) is 88.1 Å². The van der Waals surface area contributed by atoms with Gasteiger partial charge in [-0.3, -0.25) is 4.79 Å². The molecule has 8 atom stereocenters. The SMILES string of the molecule is COCC[C@@]1(O)CC[C@@]2(C)[C@@H](CC[C@@H]3[C@@H]2CC[C@]2(C)[C@@H](C(=O)Cn4ccnc4C#N)CC[C@@H]32)C1. The molecule has 4 aliphatic rings. The van der Waals surface area contributed by atoms with Crippen molar-refractivity contribution in [2.45, 2.75) is 90.2 Å². The Morgan fingerprint density at radius 3 is 2.74 bits per heavy atom. The van der Waals surface area contributed by atoms with Gasteiger partial charge in [-0.2, -0.15) is 5.26 Å². The van der Waals surface area contributed by atoms with E-state index in [9.17, 15) is 15.2 Å². The fourth-order valence-electron chi connectivity index (χ4n) is 9.20. The molecule has 0 saturated heterocycles. The third kappa shape index (κ3) is 3.75. The molecule has 0 aliphatic heterocycles. The van der Waals surface area contributed by atoms with Gasteiger partial charge in [0.2, 0.25) is 5.82 Å². The van der Waals surface area contributed by atoms with Crippen LogP contribution in [0.5, 0.6) is 0 Å². The number of nitriles is 1.